The molecule has 0 unspecified atom stereocenters. The third-order valence-corrected chi connectivity index (χ3v) is 7.48. The molecule has 7 heteroatoms. The Balaban J connectivity index is 2.16. The lowest BCUT2D eigenvalue weighted by Gasteiger charge is -2.16. The summed E-state index contributed by atoms with van der Waals surface area (Å²) >= 11 is 11.9. The van der Waals surface area contributed by atoms with Crippen molar-refractivity contribution < 1.29 is 4.74 Å². The van der Waals surface area contributed by atoms with Crippen LogP contribution in [0.4, 0.5) is 0 Å². The van der Waals surface area contributed by atoms with E-state index in [1.165, 1.54) is 6.04 Å². The molecule has 0 saturated heterocycles. The molecule has 2 aromatic rings. The van der Waals surface area contributed by atoms with Crippen LogP contribution in [0.1, 0.15) is 0 Å². The van der Waals surface area contributed by atoms with E-state index in [1.807, 2.05) is 12.1 Å². The van der Waals surface area contributed by atoms with Gasteiger partial charge in [-0.2, -0.15) is 0 Å². The molecule has 2 rings (SSSR count). The first-order chi connectivity index (χ1) is 9.29. The number of fused-ring (bicyclic) bond motifs is 1. The molecular weight excluding hydrogens is 471 g/mol. The Morgan fingerprint density at radius 2 is 2.10 bits per heavy atom. The van der Waals surface area contributed by atoms with Gasteiger partial charge in [-0.3, -0.25) is 0 Å². The summed E-state index contributed by atoms with van der Waals surface area (Å²) in [5.41, 5.74) is 1.96. The summed E-state index contributed by atoms with van der Waals surface area (Å²) in [6.07, 6.45) is 0. The summed E-state index contributed by atoms with van der Waals surface area (Å²) in [5, 5.41) is 0.514. The third-order valence-electron chi connectivity index (χ3n) is 2.97. The summed E-state index contributed by atoms with van der Waals surface area (Å²) in [5.74, 6) is 0. The minimum absolute atomic E-state index is 0.514. The maximum absolute atomic E-state index is 5.96. The number of rotatable bonds is 5. The van der Waals surface area contributed by atoms with E-state index in [9.17, 15) is 0 Å². The van der Waals surface area contributed by atoms with Gasteiger partial charge in [0.1, 0.15) is 22.0 Å². The Hall–Kier alpha value is 0.367. The lowest BCUT2D eigenvalue weighted by Crippen LogP contribution is -2.22. The minimum atomic E-state index is -1.04. The molecule has 3 nitrogen and oxygen atoms in total. The fourth-order valence-electron chi connectivity index (χ4n) is 1.79. The molecule has 0 saturated carbocycles. The highest BCUT2D eigenvalue weighted by Crippen LogP contribution is 2.31. The Kier molecular flexibility index (Phi) is 5.56. The van der Waals surface area contributed by atoms with E-state index >= 15 is 0 Å². The van der Waals surface area contributed by atoms with Gasteiger partial charge in [-0.15, -0.1) is 0 Å². The van der Waals surface area contributed by atoms with E-state index in [1.54, 1.807) is 0 Å². The zero-order valence-electron chi connectivity index (χ0n) is 11.7. The fourth-order valence-corrected chi connectivity index (χ4v) is 3.86. The topological polar surface area (TPSA) is 27.1 Å². The smallest absolute Gasteiger partial charge is 0.129 e. The van der Waals surface area contributed by atoms with Gasteiger partial charge < -0.3 is 9.30 Å². The molecule has 0 N–H and O–H groups in total. The molecule has 2 aromatic heterocycles. The predicted octanol–water partition coefficient (Wildman–Crippen LogP) is 5.37. The van der Waals surface area contributed by atoms with Crippen molar-refractivity contribution in [2.24, 2.45) is 0 Å². The second-order valence-corrected chi connectivity index (χ2v) is 13.7. The average Bonchev–Trinajstić information content (AvgIpc) is 2.58. The first-order valence-corrected chi connectivity index (χ1v) is 12.3. The van der Waals surface area contributed by atoms with Crippen molar-refractivity contribution in [1.82, 2.24) is 9.55 Å². The van der Waals surface area contributed by atoms with Gasteiger partial charge in [0.25, 0.3) is 0 Å². The van der Waals surface area contributed by atoms with Crippen molar-refractivity contribution in [2.45, 2.75) is 32.4 Å². The number of aromatic nitrogens is 2. The van der Waals surface area contributed by atoms with Crippen molar-refractivity contribution in [2.75, 3.05) is 6.61 Å². The summed E-state index contributed by atoms with van der Waals surface area (Å²) in [4.78, 5) is 4.38. The Morgan fingerprint density at radius 1 is 1.40 bits per heavy atom. The highest BCUT2D eigenvalue weighted by Gasteiger charge is 2.16. The second kappa shape index (κ2) is 6.64. The first-order valence-electron chi connectivity index (χ1n) is 6.37. The van der Waals surface area contributed by atoms with Gasteiger partial charge in [0.05, 0.1) is 9.09 Å². The molecule has 0 amide bonds. The molecule has 20 heavy (non-hydrogen) atoms. The van der Waals surface area contributed by atoms with Crippen LogP contribution >= 0.6 is 50.1 Å². The van der Waals surface area contributed by atoms with Crippen molar-refractivity contribution in [3.8, 4) is 0 Å². The normalized spacial score (nSPS) is 12.3. The molecule has 0 aliphatic rings. The maximum atomic E-state index is 5.96. The lowest BCUT2D eigenvalue weighted by molar-refractivity contribution is 0.0888. The van der Waals surface area contributed by atoms with Crippen LogP contribution < -0.4 is 0 Å². The van der Waals surface area contributed by atoms with Gasteiger partial charge in [-0.25, -0.2) is 4.98 Å². The lowest BCUT2D eigenvalue weighted by atomic mass is 10.4. The van der Waals surface area contributed by atoms with E-state index in [0.29, 0.717) is 11.9 Å². The third kappa shape index (κ3) is 3.97. The van der Waals surface area contributed by atoms with Crippen LogP contribution in [-0.4, -0.2) is 24.2 Å². The molecule has 0 radical (unpaired) electrons. The van der Waals surface area contributed by atoms with Crippen LogP contribution in [0.5, 0.6) is 0 Å². The second-order valence-electron chi connectivity index (χ2n) is 5.88. The van der Waals surface area contributed by atoms with Gasteiger partial charge in [-0.1, -0.05) is 31.2 Å². The van der Waals surface area contributed by atoms with Gasteiger partial charge >= 0.3 is 0 Å². The summed E-state index contributed by atoms with van der Waals surface area (Å²) in [6.45, 7) is 8.40. The standard InChI is InChI=1S/C13H17BrClIN2OSi/c1-20(2,3)7-6-19-8-18-9-4-5-10(15)17-12(9)11(16)13(18)14/h4-5H,6-8H2,1-3H3. The van der Waals surface area contributed by atoms with E-state index < -0.39 is 8.07 Å². The maximum Gasteiger partial charge on any atom is 0.129 e. The van der Waals surface area contributed by atoms with Gasteiger partial charge in [0, 0.05) is 14.7 Å². The Labute approximate surface area is 147 Å². The fraction of sp³-hybridized carbons (Fsp3) is 0.462. The first kappa shape index (κ1) is 16.7. The highest BCUT2D eigenvalue weighted by atomic mass is 127. The van der Waals surface area contributed by atoms with E-state index in [0.717, 1.165) is 25.8 Å². The molecule has 0 aliphatic carbocycles. The summed E-state index contributed by atoms with van der Waals surface area (Å²) in [6, 6.07) is 4.97. The molecular formula is C13H17BrClIN2OSi. The zero-order valence-corrected chi connectivity index (χ0v) is 17.2. The van der Waals surface area contributed by atoms with Gasteiger partial charge in [0.15, 0.2) is 0 Å². The van der Waals surface area contributed by atoms with Crippen molar-refractivity contribution in [3.63, 3.8) is 0 Å². The van der Waals surface area contributed by atoms with Crippen LogP contribution in [0.15, 0.2) is 16.7 Å². The summed E-state index contributed by atoms with van der Waals surface area (Å²) < 4.78 is 9.98. The largest absolute Gasteiger partial charge is 0.361 e. The van der Waals surface area contributed by atoms with Crippen LogP contribution in [0.3, 0.4) is 0 Å². The molecule has 0 spiro atoms. The van der Waals surface area contributed by atoms with Crippen molar-refractivity contribution in [3.05, 3.63) is 25.5 Å². The van der Waals surface area contributed by atoms with E-state index in [4.69, 9.17) is 16.3 Å². The number of hydrogen-bond acceptors (Lipinski definition) is 2. The number of hydrogen-bond donors (Lipinski definition) is 0. The molecule has 0 atom stereocenters. The number of ether oxygens (including phenoxy) is 1. The summed E-state index contributed by atoms with van der Waals surface area (Å²) in [7, 11) is -1.04. The molecule has 0 bridgehead atoms. The van der Waals surface area contributed by atoms with Crippen LogP contribution in [0.25, 0.3) is 11.0 Å². The number of nitrogens with zero attached hydrogens (tertiary/aromatic N) is 2. The van der Waals surface area contributed by atoms with Crippen LogP contribution in [-0.2, 0) is 11.5 Å². The van der Waals surface area contributed by atoms with Crippen molar-refractivity contribution in [1.29, 1.82) is 0 Å². The average molecular weight is 488 g/mol. The predicted molar refractivity (Wildman–Crippen MR) is 99.3 cm³/mol. The van der Waals surface area contributed by atoms with E-state index in [2.05, 4.69) is 67.7 Å². The number of pyridine rings is 1. The van der Waals surface area contributed by atoms with Gasteiger partial charge in [-0.05, 0) is 56.7 Å². The van der Waals surface area contributed by atoms with Crippen LogP contribution in [0, 0.1) is 3.57 Å². The highest BCUT2D eigenvalue weighted by molar-refractivity contribution is 14.1. The molecule has 2 heterocycles. The zero-order chi connectivity index (χ0) is 14.9. The molecule has 0 fully saturated rings. The van der Waals surface area contributed by atoms with Crippen LogP contribution in [0.2, 0.25) is 30.8 Å². The quantitative estimate of drug-likeness (QED) is 0.245. The molecule has 0 aliphatic heterocycles. The molecule has 0 aromatic carbocycles. The minimum Gasteiger partial charge on any atom is -0.361 e. The van der Waals surface area contributed by atoms with Gasteiger partial charge in [0.2, 0.25) is 0 Å². The Morgan fingerprint density at radius 3 is 2.75 bits per heavy atom. The Bertz CT molecular complexity index is 627. The molecule has 110 valence electrons. The monoisotopic (exact) mass is 486 g/mol. The van der Waals surface area contributed by atoms with Crippen molar-refractivity contribution >= 4 is 69.2 Å². The number of halogens is 3. The SMILES string of the molecule is C[Si](C)(C)CCOCn1c(Br)c(I)c2nc(Cl)ccc21. The van der Waals surface area contributed by atoms with E-state index in [-0.39, 0.29) is 0 Å².